The third-order valence-corrected chi connectivity index (χ3v) is 7.11. The fraction of sp³-hybridized carbons (Fsp3) is 0.214. The highest BCUT2D eigenvalue weighted by Crippen LogP contribution is 2.40. The Hall–Kier alpha value is -3.88. The van der Waals surface area contributed by atoms with Crippen molar-refractivity contribution >= 4 is 46.4 Å². The van der Waals surface area contributed by atoms with Crippen molar-refractivity contribution in [2.75, 3.05) is 19.8 Å². The van der Waals surface area contributed by atoms with E-state index in [1.807, 2.05) is 42.5 Å². The number of hydrogen-bond acceptors (Lipinski definition) is 6. The number of ether oxygens (including phenoxy) is 4. The number of aromatic nitrogens is 1. The van der Waals surface area contributed by atoms with Crippen LogP contribution in [0.3, 0.4) is 0 Å². The topological polar surface area (TPSA) is 90.1 Å². The lowest BCUT2D eigenvalue weighted by Crippen LogP contribution is -2.42. The average molecular weight is 553 g/mol. The zero-order valence-electron chi connectivity index (χ0n) is 20.0. The minimum atomic E-state index is -0.688. The van der Waals surface area contributed by atoms with E-state index in [9.17, 15) is 9.59 Å². The summed E-state index contributed by atoms with van der Waals surface area (Å²) in [7, 11) is 0. The molecular weight excluding hydrogens is 531 g/mol. The summed E-state index contributed by atoms with van der Waals surface area (Å²) in [4.78, 5) is 29.8. The molecule has 1 fully saturated rings. The van der Waals surface area contributed by atoms with Gasteiger partial charge in [0.2, 0.25) is 0 Å². The maximum absolute atomic E-state index is 13.4. The lowest BCUT2D eigenvalue weighted by Gasteiger charge is -2.35. The molecule has 1 N–H and O–H groups in total. The quantitative estimate of drug-likeness (QED) is 0.283. The van der Waals surface area contributed by atoms with Crippen molar-refractivity contribution < 1.29 is 28.5 Å². The number of nitrogens with one attached hydrogen (secondary N) is 1. The predicted molar refractivity (Wildman–Crippen MR) is 141 cm³/mol. The summed E-state index contributed by atoms with van der Waals surface area (Å²) in [6, 6.07) is 19.4. The number of rotatable bonds is 5. The Labute approximate surface area is 227 Å². The van der Waals surface area contributed by atoms with Gasteiger partial charge in [-0.3, -0.25) is 4.90 Å². The smallest absolute Gasteiger partial charge is 0.490 e. The van der Waals surface area contributed by atoms with Crippen LogP contribution in [0.15, 0.2) is 66.7 Å². The number of halogens is 2. The van der Waals surface area contributed by atoms with Gasteiger partial charge in [0.05, 0.1) is 0 Å². The molecule has 1 aromatic heterocycles. The van der Waals surface area contributed by atoms with E-state index < -0.39 is 24.4 Å². The van der Waals surface area contributed by atoms with Crippen molar-refractivity contribution in [1.29, 1.82) is 0 Å². The van der Waals surface area contributed by atoms with Gasteiger partial charge in [0.1, 0.15) is 30.8 Å². The Kier molecular flexibility index (Phi) is 6.51. The number of benzene rings is 3. The van der Waals surface area contributed by atoms with Crippen LogP contribution >= 0.6 is 23.2 Å². The number of H-pyrrole nitrogens is 1. The van der Waals surface area contributed by atoms with Crippen LogP contribution in [0.2, 0.25) is 10.0 Å². The molecule has 8 nitrogen and oxygen atoms in total. The second-order valence-electron chi connectivity index (χ2n) is 9.06. The number of hydrogen-bond donors (Lipinski definition) is 1. The Bertz CT molecular complexity index is 1500. The highest BCUT2D eigenvalue weighted by molar-refractivity contribution is 6.31. The van der Waals surface area contributed by atoms with Crippen molar-refractivity contribution in [2.24, 2.45) is 0 Å². The van der Waals surface area contributed by atoms with Crippen LogP contribution in [-0.4, -0.2) is 48.0 Å². The normalized spacial score (nSPS) is 18.6. The SMILES string of the molecule is O=C1OCC(COc2ccc(C3c4[nH]c5ccc(Cl)cc5c4CCN3C(=O)Oc3ccc(Cl)cc3)cc2)O1. The summed E-state index contributed by atoms with van der Waals surface area (Å²) in [6.07, 6.45) is -0.958. The van der Waals surface area contributed by atoms with E-state index in [2.05, 4.69) is 4.98 Å². The van der Waals surface area contributed by atoms with E-state index in [0.29, 0.717) is 34.5 Å². The highest BCUT2D eigenvalue weighted by atomic mass is 35.5. The number of carbonyl (C=O) groups excluding carboxylic acids is 2. The molecule has 1 amide bonds. The zero-order chi connectivity index (χ0) is 26.2. The summed E-state index contributed by atoms with van der Waals surface area (Å²) in [5, 5.41) is 2.25. The Balaban J connectivity index is 1.30. The molecule has 2 aliphatic rings. The summed E-state index contributed by atoms with van der Waals surface area (Å²) >= 11 is 12.3. The van der Waals surface area contributed by atoms with E-state index in [-0.39, 0.29) is 13.2 Å². The minimum Gasteiger partial charge on any atom is -0.490 e. The van der Waals surface area contributed by atoms with Crippen LogP contribution in [0.1, 0.15) is 22.9 Å². The first-order valence-corrected chi connectivity index (χ1v) is 12.8. The maximum atomic E-state index is 13.4. The first-order valence-electron chi connectivity index (χ1n) is 12.0. The van der Waals surface area contributed by atoms with Crippen molar-refractivity contribution in [1.82, 2.24) is 9.88 Å². The van der Waals surface area contributed by atoms with Crippen LogP contribution in [-0.2, 0) is 15.9 Å². The fourth-order valence-electron chi connectivity index (χ4n) is 4.85. The van der Waals surface area contributed by atoms with E-state index in [0.717, 1.165) is 27.7 Å². The fourth-order valence-corrected chi connectivity index (χ4v) is 5.15. The zero-order valence-corrected chi connectivity index (χ0v) is 21.5. The third kappa shape index (κ3) is 4.85. The van der Waals surface area contributed by atoms with E-state index in [4.69, 9.17) is 42.1 Å². The molecular formula is C28H22Cl2N2O6. The lowest BCUT2D eigenvalue weighted by atomic mass is 9.92. The molecule has 10 heteroatoms. The monoisotopic (exact) mass is 552 g/mol. The molecule has 0 saturated carbocycles. The summed E-state index contributed by atoms with van der Waals surface area (Å²) in [5.74, 6) is 1.01. The van der Waals surface area contributed by atoms with E-state index in [1.54, 1.807) is 29.2 Å². The number of fused-ring (bicyclic) bond motifs is 3. The van der Waals surface area contributed by atoms with Gasteiger partial charge in [0.25, 0.3) is 0 Å². The Morgan fingerprint density at radius 2 is 1.74 bits per heavy atom. The molecule has 2 atom stereocenters. The average Bonchev–Trinajstić information content (AvgIpc) is 3.51. The van der Waals surface area contributed by atoms with Gasteiger partial charge >= 0.3 is 12.2 Å². The summed E-state index contributed by atoms with van der Waals surface area (Å²) in [5.41, 5.74) is 3.85. The summed E-state index contributed by atoms with van der Waals surface area (Å²) in [6.45, 7) is 0.798. The third-order valence-electron chi connectivity index (χ3n) is 6.62. The molecule has 3 heterocycles. The molecule has 0 aliphatic carbocycles. The van der Waals surface area contributed by atoms with E-state index in [1.165, 1.54) is 0 Å². The molecule has 1 saturated heterocycles. The first-order chi connectivity index (χ1) is 18.4. The van der Waals surface area contributed by atoms with Crippen molar-refractivity contribution in [3.63, 3.8) is 0 Å². The van der Waals surface area contributed by atoms with Crippen LogP contribution in [0.4, 0.5) is 9.59 Å². The number of nitrogens with zero attached hydrogens (tertiary/aromatic N) is 1. The lowest BCUT2D eigenvalue weighted by molar-refractivity contribution is 0.0982. The predicted octanol–water partition coefficient (Wildman–Crippen LogP) is 6.54. The molecule has 3 aromatic carbocycles. The minimum absolute atomic E-state index is 0.164. The van der Waals surface area contributed by atoms with Gasteiger partial charge in [-0.05, 0) is 72.1 Å². The second kappa shape index (κ2) is 10.1. The largest absolute Gasteiger partial charge is 0.508 e. The standard InChI is InChI=1S/C28H22Cl2N2O6/c29-17-3-8-20(9-4-17)37-27(33)32-12-11-22-23-13-18(30)5-10-24(23)31-25(22)26(32)16-1-6-19(7-2-16)35-14-21-15-36-28(34)38-21/h1-10,13,21,26,31H,11-12,14-15H2. The molecule has 6 rings (SSSR count). The van der Waals surface area contributed by atoms with Gasteiger partial charge in [-0.1, -0.05) is 35.3 Å². The number of carbonyl (C=O) groups is 2. The van der Waals surface area contributed by atoms with Gasteiger partial charge in [-0.25, -0.2) is 9.59 Å². The van der Waals surface area contributed by atoms with Crippen LogP contribution in [0.25, 0.3) is 10.9 Å². The molecule has 2 aliphatic heterocycles. The van der Waals surface area contributed by atoms with Gasteiger partial charge < -0.3 is 23.9 Å². The van der Waals surface area contributed by atoms with Gasteiger partial charge in [0, 0.05) is 33.2 Å². The summed E-state index contributed by atoms with van der Waals surface area (Å²) < 4.78 is 21.3. The van der Waals surface area contributed by atoms with Crippen molar-refractivity contribution in [3.8, 4) is 11.5 Å². The number of cyclic esters (lactones) is 2. The number of amides is 1. The van der Waals surface area contributed by atoms with Crippen molar-refractivity contribution in [3.05, 3.63) is 93.6 Å². The van der Waals surface area contributed by atoms with Gasteiger partial charge in [0.15, 0.2) is 6.10 Å². The van der Waals surface area contributed by atoms with Gasteiger partial charge in [-0.15, -0.1) is 0 Å². The molecule has 2 unspecified atom stereocenters. The number of aromatic amines is 1. The highest BCUT2D eigenvalue weighted by Gasteiger charge is 2.36. The van der Waals surface area contributed by atoms with Crippen LogP contribution in [0, 0.1) is 0 Å². The second-order valence-corrected chi connectivity index (χ2v) is 9.93. The molecule has 0 spiro atoms. The molecule has 4 aromatic rings. The molecule has 38 heavy (non-hydrogen) atoms. The molecule has 0 radical (unpaired) electrons. The first kappa shape index (κ1) is 24.5. The van der Waals surface area contributed by atoms with Crippen molar-refractivity contribution in [2.45, 2.75) is 18.6 Å². The van der Waals surface area contributed by atoms with Crippen LogP contribution in [0.5, 0.6) is 11.5 Å². The maximum Gasteiger partial charge on any atom is 0.508 e. The van der Waals surface area contributed by atoms with Gasteiger partial charge in [-0.2, -0.15) is 0 Å². The Morgan fingerprint density at radius 3 is 2.47 bits per heavy atom. The van der Waals surface area contributed by atoms with E-state index >= 15 is 0 Å². The molecule has 194 valence electrons. The Morgan fingerprint density at radius 1 is 1.00 bits per heavy atom. The molecule has 0 bridgehead atoms. The van der Waals surface area contributed by atoms with Crippen LogP contribution < -0.4 is 9.47 Å².